The van der Waals surface area contributed by atoms with Gasteiger partial charge in [0.2, 0.25) is 0 Å². The summed E-state index contributed by atoms with van der Waals surface area (Å²) in [6, 6.07) is 4.65. The van der Waals surface area contributed by atoms with Crippen LogP contribution in [0.3, 0.4) is 0 Å². The second-order valence-corrected chi connectivity index (χ2v) is 10.0. The van der Waals surface area contributed by atoms with E-state index in [-0.39, 0.29) is 28.7 Å². The molecule has 2 heterocycles. The second kappa shape index (κ2) is 7.94. The fourth-order valence-corrected chi connectivity index (χ4v) is 3.53. The van der Waals surface area contributed by atoms with Crippen LogP contribution in [0.5, 0.6) is 0 Å². The molecule has 0 saturated carbocycles. The molecule has 1 aliphatic rings. The molecule has 7 nitrogen and oxygen atoms in total. The molecule has 3 amide bonds. The fourth-order valence-electron chi connectivity index (χ4n) is 3.53. The van der Waals surface area contributed by atoms with Gasteiger partial charge in [-0.15, -0.1) is 0 Å². The van der Waals surface area contributed by atoms with Gasteiger partial charge < -0.3 is 9.73 Å². The summed E-state index contributed by atoms with van der Waals surface area (Å²) in [7, 11) is 0. The molecule has 0 radical (unpaired) electrons. The highest BCUT2D eigenvalue weighted by Crippen LogP contribution is 2.30. The number of aryl methyl sites for hydroxylation is 2. The van der Waals surface area contributed by atoms with Gasteiger partial charge in [-0.3, -0.25) is 19.3 Å². The molecule has 0 bridgehead atoms. The van der Waals surface area contributed by atoms with E-state index in [1.807, 2.05) is 27.7 Å². The summed E-state index contributed by atoms with van der Waals surface area (Å²) in [5.41, 5.74) is 1.09. The highest BCUT2D eigenvalue weighted by molar-refractivity contribution is 6.22. The average molecular weight is 426 g/mol. The van der Waals surface area contributed by atoms with Gasteiger partial charge in [0, 0.05) is 29.5 Å². The average Bonchev–Trinajstić information content (AvgIpc) is 3.15. The van der Waals surface area contributed by atoms with Crippen molar-refractivity contribution in [3.8, 4) is 0 Å². The van der Waals surface area contributed by atoms with Gasteiger partial charge in [-0.05, 0) is 52.3 Å². The smallest absolute Gasteiger partial charge is 0.262 e. The number of oxazole rings is 1. The number of carbonyl (C=O) groups excluding carboxylic acids is 3. The summed E-state index contributed by atoms with van der Waals surface area (Å²) in [5.74, 6) is 0.588. The van der Waals surface area contributed by atoms with E-state index in [1.165, 1.54) is 11.0 Å². The maximum absolute atomic E-state index is 12.7. The third-order valence-corrected chi connectivity index (χ3v) is 5.22. The summed E-state index contributed by atoms with van der Waals surface area (Å²) >= 11 is 0. The molecule has 0 unspecified atom stereocenters. The Labute approximate surface area is 183 Å². The Bertz CT molecular complexity index is 1040. The quantitative estimate of drug-likeness (QED) is 0.577. The number of rotatable bonds is 5. The SMILES string of the molecule is Cc1nc(C(C)(C)C)oc1CCCNC(=O)c1ccc2c(c1)C(=O)N(C(C)(C)C)C2=O. The largest absolute Gasteiger partial charge is 0.445 e. The summed E-state index contributed by atoms with van der Waals surface area (Å²) in [4.78, 5) is 43.6. The van der Waals surface area contributed by atoms with Crippen LogP contribution in [0, 0.1) is 6.92 Å². The predicted molar refractivity (Wildman–Crippen MR) is 117 cm³/mol. The number of amides is 3. The van der Waals surface area contributed by atoms with Crippen LogP contribution in [-0.4, -0.2) is 39.7 Å². The number of nitrogens with zero attached hydrogens (tertiary/aromatic N) is 2. The lowest BCUT2D eigenvalue weighted by Gasteiger charge is -2.29. The van der Waals surface area contributed by atoms with E-state index in [9.17, 15) is 14.4 Å². The number of hydrogen-bond acceptors (Lipinski definition) is 5. The molecule has 1 N–H and O–H groups in total. The lowest BCUT2D eigenvalue weighted by molar-refractivity contribution is 0.0507. The van der Waals surface area contributed by atoms with Crippen LogP contribution >= 0.6 is 0 Å². The first-order valence-corrected chi connectivity index (χ1v) is 10.6. The van der Waals surface area contributed by atoms with Gasteiger partial charge in [-0.25, -0.2) is 4.98 Å². The molecule has 1 aromatic carbocycles. The van der Waals surface area contributed by atoms with Crippen molar-refractivity contribution < 1.29 is 18.8 Å². The minimum atomic E-state index is -0.624. The zero-order valence-electron chi connectivity index (χ0n) is 19.4. The lowest BCUT2D eigenvalue weighted by atomic mass is 9.97. The van der Waals surface area contributed by atoms with E-state index < -0.39 is 5.54 Å². The monoisotopic (exact) mass is 425 g/mol. The summed E-state index contributed by atoms with van der Waals surface area (Å²) in [6.45, 7) is 14.0. The number of aromatic nitrogens is 1. The summed E-state index contributed by atoms with van der Waals surface area (Å²) in [5, 5.41) is 2.87. The number of nitrogens with one attached hydrogen (secondary N) is 1. The number of hydrogen-bond donors (Lipinski definition) is 1. The van der Waals surface area contributed by atoms with Crippen LogP contribution < -0.4 is 5.32 Å². The van der Waals surface area contributed by atoms with E-state index in [4.69, 9.17) is 4.42 Å². The van der Waals surface area contributed by atoms with E-state index >= 15 is 0 Å². The number of imide groups is 1. The molecule has 0 fully saturated rings. The van der Waals surface area contributed by atoms with Crippen LogP contribution in [-0.2, 0) is 11.8 Å². The minimum Gasteiger partial charge on any atom is -0.445 e. The molecule has 31 heavy (non-hydrogen) atoms. The number of benzene rings is 1. The molecule has 0 aliphatic carbocycles. The van der Waals surface area contributed by atoms with Crippen LogP contribution in [0.4, 0.5) is 0 Å². The highest BCUT2D eigenvalue weighted by Gasteiger charge is 2.42. The van der Waals surface area contributed by atoms with Crippen molar-refractivity contribution in [1.29, 1.82) is 0 Å². The number of carbonyl (C=O) groups is 3. The summed E-state index contributed by atoms with van der Waals surface area (Å²) < 4.78 is 5.88. The van der Waals surface area contributed by atoms with Crippen molar-refractivity contribution in [1.82, 2.24) is 15.2 Å². The molecule has 0 saturated heterocycles. The molecular formula is C24H31N3O4. The van der Waals surface area contributed by atoms with Gasteiger partial charge >= 0.3 is 0 Å². The molecule has 2 aromatic rings. The van der Waals surface area contributed by atoms with Crippen LogP contribution in [0.15, 0.2) is 22.6 Å². The van der Waals surface area contributed by atoms with Crippen LogP contribution in [0.1, 0.15) is 96.4 Å². The zero-order chi connectivity index (χ0) is 23.1. The third kappa shape index (κ3) is 4.55. The van der Waals surface area contributed by atoms with Crippen LogP contribution in [0.2, 0.25) is 0 Å². The predicted octanol–water partition coefficient (Wildman–Crippen LogP) is 4.04. The first-order chi connectivity index (χ1) is 14.3. The van der Waals surface area contributed by atoms with Crippen molar-refractivity contribution in [3.05, 3.63) is 52.2 Å². The van der Waals surface area contributed by atoms with Crippen molar-refractivity contribution in [3.63, 3.8) is 0 Å². The Hall–Kier alpha value is -2.96. The first kappa shape index (κ1) is 22.7. The normalized spacial score (nSPS) is 14.2. The molecule has 0 spiro atoms. The van der Waals surface area contributed by atoms with Gasteiger partial charge in [0.25, 0.3) is 17.7 Å². The Morgan fingerprint density at radius 2 is 1.71 bits per heavy atom. The molecule has 3 rings (SSSR count). The highest BCUT2D eigenvalue weighted by atomic mass is 16.4. The fraction of sp³-hybridized carbons (Fsp3) is 0.500. The van der Waals surface area contributed by atoms with E-state index in [0.29, 0.717) is 36.4 Å². The molecular weight excluding hydrogens is 394 g/mol. The Kier molecular flexibility index (Phi) is 5.82. The number of fused-ring (bicyclic) bond motifs is 1. The Balaban J connectivity index is 1.61. The topological polar surface area (TPSA) is 92.5 Å². The summed E-state index contributed by atoms with van der Waals surface area (Å²) in [6.07, 6.45) is 1.37. The molecule has 1 aromatic heterocycles. The minimum absolute atomic E-state index is 0.147. The van der Waals surface area contributed by atoms with Crippen molar-refractivity contribution in [2.24, 2.45) is 0 Å². The molecule has 0 atom stereocenters. The van der Waals surface area contributed by atoms with Crippen LogP contribution in [0.25, 0.3) is 0 Å². The van der Waals surface area contributed by atoms with Gasteiger partial charge in [0.05, 0.1) is 16.8 Å². The Morgan fingerprint density at radius 1 is 1.06 bits per heavy atom. The van der Waals surface area contributed by atoms with Gasteiger partial charge in [0.1, 0.15) is 5.76 Å². The first-order valence-electron chi connectivity index (χ1n) is 10.6. The Morgan fingerprint density at radius 3 is 2.29 bits per heavy atom. The molecule has 7 heteroatoms. The van der Waals surface area contributed by atoms with Crippen molar-refractivity contribution in [2.75, 3.05) is 6.54 Å². The maximum Gasteiger partial charge on any atom is 0.262 e. The van der Waals surface area contributed by atoms with Gasteiger partial charge in [-0.1, -0.05) is 20.8 Å². The van der Waals surface area contributed by atoms with Crippen molar-refractivity contribution in [2.45, 2.75) is 72.3 Å². The van der Waals surface area contributed by atoms with Gasteiger partial charge in [0.15, 0.2) is 5.89 Å². The second-order valence-electron chi connectivity index (χ2n) is 10.0. The molecule has 166 valence electrons. The third-order valence-electron chi connectivity index (χ3n) is 5.22. The van der Waals surface area contributed by atoms with E-state index in [2.05, 4.69) is 31.1 Å². The standard InChI is InChI=1S/C24H31N3O4/c1-14-18(31-22(26-14)23(2,3)4)9-8-12-25-19(28)15-10-11-16-17(13-15)21(30)27(20(16)29)24(5,6)7/h10-11,13H,8-9,12H2,1-7H3,(H,25,28). The van der Waals surface area contributed by atoms with Gasteiger partial charge in [-0.2, -0.15) is 0 Å². The van der Waals surface area contributed by atoms with E-state index in [0.717, 1.165) is 11.5 Å². The lowest BCUT2D eigenvalue weighted by Crippen LogP contribution is -2.45. The maximum atomic E-state index is 12.7. The molecule has 1 aliphatic heterocycles. The zero-order valence-corrected chi connectivity index (χ0v) is 19.4. The van der Waals surface area contributed by atoms with Crippen molar-refractivity contribution >= 4 is 17.7 Å². The van der Waals surface area contributed by atoms with E-state index in [1.54, 1.807) is 12.1 Å².